The molecule has 0 saturated heterocycles. The van der Waals surface area contributed by atoms with E-state index in [1.165, 1.54) is 115 Å². The van der Waals surface area contributed by atoms with Gasteiger partial charge in [0.25, 0.3) is 0 Å². The largest absolute Gasteiger partial charge is 0.489 e. The first-order chi connectivity index (χ1) is 18.2. The van der Waals surface area contributed by atoms with Crippen LogP contribution in [0.5, 0.6) is 11.5 Å². The first-order valence-corrected chi connectivity index (χ1v) is 15.6. The molecular weight excluding hydrogens is 460 g/mol. The molecule has 0 fully saturated rings. The van der Waals surface area contributed by atoms with Crippen LogP contribution in [0.25, 0.3) is 0 Å². The van der Waals surface area contributed by atoms with Crippen LogP contribution >= 0.6 is 0 Å². The molecule has 0 saturated carbocycles. The maximum Gasteiger partial charge on any atom is 0.311 e. The third kappa shape index (κ3) is 19.9. The topological polar surface area (TPSA) is 52.6 Å². The van der Waals surface area contributed by atoms with Crippen molar-refractivity contribution >= 4 is 5.97 Å². The van der Waals surface area contributed by atoms with Crippen molar-refractivity contribution in [3.63, 3.8) is 0 Å². The fourth-order valence-corrected chi connectivity index (χ4v) is 4.61. The zero-order chi connectivity index (χ0) is 26.8. The second-order valence-corrected chi connectivity index (χ2v) is 10.6. The van der Waals surface area contributed by atoms with Crippen molar-refractivity contribution in [1.29, 1.82) is 0 Å². The molecule has 212 valence electrons. The van der Waals surface area contributed by atoms with Gasteiger partial charge in [-0.25, -0.2) is 0 Å². The summed E-state index contributed by atoms with van der Waals surface area (Å²) < 4.78 is 11.1. The molecule has 0 aliphatic carbocycles. The van der Waals surface area contributed by atoms with Crippen molar-refractivity contribution in [1.82, 2.24) is 0 Å². The van der Waals surface area contributed by atoms with E-state index in [1.807, 2.05) is 0 Å². The third-order valence-corrected chi connectivity index (χ3v) is 7.01. The predicted molar refractivity (Wildman–Crippen MR) is 157 cm³/mol. The van der Waals surface area contributed by atoms with Crippen LogP contribution in [0, 0.1) is 0 Å². The number of unbranched alkanes of at least 4 members (excludes halogenated alkanes) is 19. The lowest BCUT2D eigenvalue weighted by Gasteiger charge is -2.04. The Balaban J connectivity index is 2.06. The molecule has 37 heavy (non-hydrogen) atoms. The van der Waals surface area contributed by atoms with E-state index in [1.54, 1.807) is 18.2 Å². The number of esters is 1. The Labute approximate surface area is 227 Å². The zero-order valence-corrected chi connectivity index (χ0v) is 24.2. The number of hydrogen-bond acceptors (Lipinski definition) is 4. The highest BCUT2D eigenvalue weighted by molar-refractivity contribution is 5.72. The average Bonchev–Trinajstić information content (AvgIpc) is 3.06. The van der Waals surface area contributed by atoms with Gasteiger partial charge in [-0.1, -0.05) is 136 Å². The van der Waals surface area contributed by atoms with E-state index >= 15 is 0 Å². The van der Waals surface area contributed by atoms with E-state index in [-0.39, 0.29) is 11.4 Å². The van der Waals surface area contributed by atoms with Gasteiger partial charge in [0.2, 0.25) is 5.43 Å². The summed E-state index contributed by atoms with van der Waals surface area (Å²) in [6.07, 6.45) is 27.0. The monoisotopic (exact) mass is 516 g/mol. The van der Waals surface area contributed by atoms with Gasteiger partial charge < -0.3 is 9.47 Å². The summed E-state index contributed by atoms with van der Waals surface area (Å²) in [5.41, 5.74) is -0.185. The summed E-state index contributed by atoms with van der Waals surface area (Å²) in [7, 11) is 0. The minimum absolute atomic E-state index is 0.185. The van der Waals surface area contributed by atoms with Crippen molar-refractivity contribution in [3.05, 3.63) is 34.5 Å². The molecule has 0 aliphatic heterocycles. The molecule has 4 heteroatoms. The Kier molecular flexibility index (Phi) is 22.0. The molecule has 1 aromatic rings. The Hall–Kier alpha value is -1.84. The van der Waals surface area contributed by atoms with Gasteiger partial charge in [-0.3, -0.25) is 9.59 Å². The lowest BCUT2D eigenvalue weighted by Crippen LogP contribution is -2.07. The fourth-order valence-electron chi connectivity index (χ4n) is 4.61. The van der Waals surface area contributed by atoms with E-state index in [9.17, 15) is 9.59 Å². The Morgan fingerprint density at radius 3 is 1.51 bits per heavy atom. The molecule has 0 unspecified atom stereocenters. The summed E-state index contributed by atoms with van der Waals surface area (Å²) in [6.45, 7) is 5.02. The van der Waals surface area contributed by atoms with Crippen molar-refractivity contribution < 1.29 is 14.3 Å². The van der Waals surface area contributed by atoms with Crippen LogP contribution in [0.3, 0.4) is 0 Å². The van der Waals surface area contributed by atoms with Crippen LogP contribution in [0.4, 0.5) is 0 Å². The third-order valence-electron chi connectivity index (χ3n) is 7.01. The first kappa shape index (κ1) is 33.2. The average molecular weight is 517 g/mol. The Morgan fingerprint density at radius 1 is 0.568 bits per heavy atom. The number of carbonyl (C=O) groups is 1. The van der Waals surface area contributed by atoms with Gasteiger partial charge in [0.05, 0.1) is 6.61 Å². The molecule has 1 rings (SSSR count). The maximum absolute atomic E-state index is 12.2. The van der Waals surface area contributed by atoms with E-state index in [4.69, 9.17) is 9.47 Å². The molecule has 0 aromatic heterocycles. The molecule has 0 bridgehead atoms. The van der Waals surface area contributed by atoms with Gasteiger partial charge in [-0.2, -0.15) is 0 Å². The number of ether oxygens (including phenoxy) is 2. The fraction of sp³-hybridized carbons (Fsp3) is 0.758. The van der Waals surface area contributed by atoms with Crippen molar-refractivity contribution in [2.24, 2.45) is 0 Å². The quantitative estimate of drug-likeness (QED) is 0.0958. The number of carbonyl (C=O) groups excluding carboxylic acids is 1. The lowest BCUT2D eigenvalue weighted by molar-refractivity contribution is -0.134. The lowest BCUT2D eigenvalue weighted by atomic mass is 10.0. The molecule has 1 aromatic carbocycles. The van der Waals surface area contributed by atoms with Crippen LogP contribution in [-0.2, 0) is 4.79 Å². The highest BCUT2D eigenvalue weighted by Crippen LogP contribution is 2.16. The van der Waals surface area contributed by atoms with E-state index in [0.717, 1.165) is 25.7 Å². The van der Waals surface area contributed by atoms with Gasteiger partial charge in [-0.05, 0) is 37.1 Å². The molecule has 0 spiro atoms. The van der Waals surface area contributed by atoms with Gasteiger partial charge >= 0.3 is 5.97 Å². The van der Waals surface area contributed by atoms with E-state index < -0.39 is 0 Å². The van der Waals surface area contributed by atoms with E-state index in [0.29, 0.717) is 24.5 Å². The zero-order valence-electron chi connectivity index (χ0n) is 24.2. The van der Waals surface area contributed by atoms with Crippen LogP contribution in [0.2, 0.25) is 0 Å². The summed E-state index contributed by atoms with van der Waals surface area (Å²) in [5, 5.41) is 0. The Morgan fingerprint density at radius 2 is 1.00 bits per heavy atom. The minimum atomic E-state index is -0.233. The molecule has 0 N–H and O–H groups in total. The van der Waals surface area contributed by atoms with Crippen LogP contribution in [0.15, 0.2) is 29.1 Å². The molecule has 0 heterocycles. The van der Waals surface area contributed by atoms with Crippen molar-refractivity contribution in [2.75, 3.05) is 6.61 Å². The summed E-state index contributed by atoms with van der Waals surface area (Å²) >= 11 is 0. The highest BCUT2D eigenvalue weighted by Gasteiger charge is 2.06. The van der Waals surface area contributed by atoms with Crippen molar-refractivity contribution in [2.45, 2.75) is 155 Å². The normalized spacial score (nSPS) is 11.0. The molecule has 4 nitrogen and oxygen atoms in total. The summed E-state index contributed by atoms with van der Waals surface area (Å²) in [6, 6.07) is 6.26. The van der Waals surface area contributed by atoms with Gasteiger partial charge in [-0.15, -0.1) is 0 Å². The second kappa shape index (κ2) is 24.5. The smallest absolute Gasteiger partial charge is 0.311 e. The predicted octanol–water partition coefficient (Wildman–Crippen LogP) is 9.95. The molecule has 0 radical (unpaired) electrons. The Bertz CT molecular complexity index is 730. The SMILES string of the molecule is CCCCCCCCCCCCCCCCCC(=O)Oc1ccc(OCCCCCCCC)c(=O)cc1. The molecule has 0 atom stereocenters. The van der Waals surface area contributed by atoms with Gasteiger partial charge in [0, 0.05) is 6.42 Å². The van der Waals surface area contributed by atoms with E-state index in [2.05, 4.69) is 13.8 Å². The molecule has 0 amide bonds. The summed E-state index contributed by atoms with van der Waals surface area (Å²) in [4.78, 5) is 24.4. The van der Waals surface area contributed by atoms with Crippen molar-refractivity contribution in [3.8, 4) is 11.5 Å². The van der Waals surface area contributed by atoms with Gasteiger partial charge in [0.15, 0.2) is 5.75 Å². The molecular formula is C33H56O4. The maximum atomic E-state index is 12.2. The second-order valence-electron chi connectivity index (χ2n) is 10.6. The highest BCUT2D eigenvalue weighted by atomic mass is 16.5. The number of hydrogen-bond donors (Lipinski definition) is 0. The minimum Gasteiger partial charge on any atom is -0.489 e. The number of rotatable bonds is 25. The van der Waals surface area contributed by atoms with Crippen LogP contribution < -0.4 is 14.9 Å². The summed E-state index contributed by atoms with van der Waals surface area (Å²) in [5.74, 6) is 0.485. The van der Waals surface area contributed by atoms with Crippen LogP contribution in [-0.4, -0.2) is 12.6 Å². The molecule has 0 aliphatic rings. The standard InChI is InChI=1S/C33H56O4/c1-3-5-7-9-11-12-13-14-15-16-17-18-19-20-22-24-33(35)37-30-25-27-31(34)32(28-26-30)36-29-23-21-10-8-6-4-2/h25-28H,3-24,29H2,1-2H3. The van der Waals surface area contributed by atoms with Crippen LogP contribution in [0.1, 0.15) is 155 Å². The first-order valence-electron chi connectivity index (χ1n) is 15.6. The van der Waals surface area contributed by atoms with Gasteiger partial charge in [0.1, 0.15) is 5.75 Å².